The van der Waals surface area contributed by atoms with E-state index in [2.05, 4.69) is 20.8 Å². The Morgan fingerprint density at radius 1 is 1.08 bits per heavy atom. The van der Waals surface area contributed by atoms with Crippen LogP contribution in [0.2, 0.25) is 5.02 Å². The number of anilines is 1. The molecule has 0 atom stereocenters. The first kappa shape index (κ1) is 17.7. The van der Waals surface area contributed by atoms with Crippen molar-refractivity contribution in [2.75, 3.05) is 12.4 Å². The number of benzene rings is 2. The maximum atomic E-state index is 12.6. The number of aryl methyl sites for hydroxylation is 1. The molecular weight excluding hydrogens is 352 g/mol. The first-order valence-corrected chi connectivity index (χ1v) is 8.32. The van der Waals surface area contributed by atoms with Gasteiger partial charge in [-0.1, -0.05) is 35.9 Å². The van der Waals surface area contributed by atoms with Crippen molar-refractivity contribution in [2.45, 2.75) is 6.92 Å². The average Bonchev–Trinajstić information content (AvgIpc) is 3.11. The number of amides is 2. The second kappa shape index (κ2) is 7.41. The van der Waals surface area contributed by atoms with Gasteiger partial charge in [0.1, 0.15) is 5.69 Å². The molecule has 2 amide bonds. The van der Waals surface area contributed by atoms with Gasteiger partial charge in [-0.3, -0.25) is 14.7 Å². The van der Waals surface area contributed by atoms with Gasteiger partial charge in [-0.05, 0) is 36.8 Å². The van der Waals surface area contributed by atoms with E-state index in [1.807, 2.05) is 25.1 Å². The molecule has 0 unspecified atom stereocenters. The zero-order valence-corrected chi connectivity index (χ0v) is 15.0. The SMILES string of the molecule is CNC(=O)c1c(C)cccc1NC(=O)c1cc(-c2cccc(Cl)c2)n[nH]1. The van der Waals surface area contributed by atoms with Crippen LogP contribution in [0.15, 0.2) is 48.5 Å². The Labute approximate surface area is 155 Å². The lowest BCUT2D eigenvalue weighted by atomic mass is 10.1. The fourth-order valence-corrected chi connectivity index (χ4v) is 2.81. The highest BCUT2D eigenvalue weighted by Crippen LogP contribution is 2.23. The quantitative estimate of drug-likeness (QED) is 0.657. The number of carbonyl (C=O) groups excluding carboxylic acids is 2. The molecule has 3 rings (SSSR count). The maximum absolute atomic E-state index is 12.6. The fourth-order valence-electron chi connectivity index (χ4n) is 2.62. The second-order valence-electron chi connectivity index (χ2n) is 5.71. The highest BCUT2D eigenvalue weighted by atomic mass is 35.5. The van der Waals surface area contributed by atoms with Crippen molar-refractivity contribution in [3.63, 3.8) is 0 Å². The van der Waals surface area contributed by atoms with Gasteiger partial charge in [0.25, 0.3) is 11.8 Å². The van der Waals surface area contributed by atoms with Crippen molar-refractivity contribution in [1.82, 2.24) is 15.5 Å². The predicted octanol–water partition coefficient (Wildman–Crippen LogP) is 3.65. The smallest absolute Gasteiger partial charge is 0.273 e. The number of nitrogens with one attached hydrogen (secondary N) is 3. The standard InChI is InChI=1S/C19H17ClN4O2/c1-11-5-3-8-14(17(11)19(26)21-2)22-18(25)16-10-15(23-24-16)12-6-4-7-13(20)9-12/h3-10H,1-2H3,(H,21,26)(H,22,25)(H,23,24). The summed E-state index contributed by atoms with van der Waals surface area (Å²) in [6.07, 6.45) is 0. The molecule has 2 aromatic carbocycles. The van der Waals surface area contributed by atoms with Gasteiger partial charge in [0.15, 0.2) is 0 Å². The number of aromatic amines is 1. The van der Waals surface area contributed by atoms with Crippen LogP contribution < -0.4 is 10.6 Å². The van der Waals surface area contributed by atoms with Crippen LogP contribution in [0.5, 0.6) is 0 Å². The number of hydrogen-bond donors (Lipinski definition) is 3. The monoisotopic (exact) mass is 368 g/mol. The molecule has 0 fully saturated rings. The zero-order chi connectivity index (χ0) is 18.7. The van der Waals surface area contributed by atoms with Crippen LogP contribution in [0.1, 0.15) is 26.4 Å². The van der Waals surface area contributed by atoms with Crippen LogP contribution in [-0.2, 0) is 0 Å². The molecule has 1 heterocycles. The Morgan fingerprint density at radius 3 is 2.58 bits per heavy atom. The Kier molecular flexibility index (Phi) is 5.04. The third kappa shape index (κ3) is 3.60. The van der Waals surface area contributed by atoms with Crippen LogP contribution in [0.4, 0.5) is 5.69 Å². The molecule has 0 aliphatic rings. The molecule has 0 spiro atoms. The summed E-state index contributed by atoms with van der Waals surface area (Å²) in [6.45, 7) is 1.81. The van der Waals surface area contributed by atoms with Crippen LogP contribution in [0.25, 0.3) is 11.3 Å². The van der Waals surface area contributed by atoms with E-state index < -0.39 is 0 Å². The number of hydrogen-bond acceptors (Lipinski definition) is 3. The number of halogens is 1. The van der Waals surface area contributed by atoms with E-state index in [4.69, 9.17) is 11.6 Å². The van der Waals surface area contributed by atoms with Gasteiger partial charge < -0.3 is 10.6 Å². The summed E-state index contributed by atoms with van der Waals surface area (Å²) in [5.74, 6) is -0.649. The summed E-state index contributed by atoms with van der Waals surface area (Å²) < 4.78 is 0. The van der Waals surface area contributed by atoms with Gasteiger partial charge in [0, 0.05) is 17.6 Å². The third-order valence-electron chi connectivity index (χ3n) is 3.92. The fraction of sp³-hybridized carbons (Fsp3) is 0.105. The number of carbonyl (C=O) groups is 2. The summed E-state index contributed by atoms with van der Waals surface area (Å²) in [5, 5.41) is 12.8. The minimum absolute atomic E-state index is 0.261. The van der Waals surface area contributed by atoms with Crippen molar-refractivity contribution in [3.05, 3.63) is 70.4 Å². The van der Waals surface area contributed by atoms with Gasteiger partial charge in [-0.2, -0.15) is 5.10 Å². The van der Waals surface area contributed by atoms with Gasteiger partial charge in [0.05, 0.1) is 16.9 Å². The highest BCUT2D eigenvalue weighted by Gasteiger charge is 2.17. The predicted molar refractivity (Wildman–Crippen MR) is 102 cm³/mol. The first-order valence-electron chi connectivity index (χ1n) is 7.94. The van der Waals surface area contributed by atoms with E-state index in [1.165, 1.54) is 0 Å². The number of nitrogens with zero attached hydrogens (tertiary/aromatic N) is 1. The molecule has 132 valence electrons. The molecule has 1 aromatic heterocycles. The van der Waals surface area contributed by atoms with E-state index in [9.17, 15) is 9.59 Å². The summed E-state index contributed by atoms with van der Waals surface area (Å²) in [7, 11) is 1.55. The Bertz CT molecular complexity index is 981. The van der Waals surface area contributed by atoms with Crippen molar-refractivity contribution in [1.29, 1.82) is 0 Å². The van der Waals surface area contributed by atoms with Crippen molar-refractivity contribution in [3.8, 4) is 11.3 Å². The Morgan fingerprint density at radius 2 is 1.85 bits per heavy atom. The van der Waals surface area contributed by atoms with E-state index in [-0.39, 0.29) is 17.5 Å². The van der Waals surface area contributed by atoms with Gasteiger partial charge in [0.2, 0.25) is 0 Å². The number of rotatable bonds is 4. The molecule has 0 aliphatic carbocycles. The zero-order valence-electron chi connectivity index (χ0n) is 14.3. The Balaban J connectivity index is 1.86. The molecule has 0 aliphatic heterocycles. The number of H-pyrrole nitrogens is 1. The first-order chi connectivity index (χ1) is 12.5. The lowest BCUT2D eigenvalue weighted by Crippen LogP contribution is -2.22. The van der Waals surface area contributed by atoms with Crippen molar-refractivity contribution < 1.29 is 9.59 Å². The minimum atomic E-state index is -0.387. The molecule has 6 nitrogen and oxygen atoms in total. The molecule has 3 aromatic rings. The van der Waals surface area contributed by atoms with Crippen LogP contribution in [-0.4, -0.2) is 29.1 Å². The summed E-state index contributed by atoms with van der Waals surface area (Å²) >= 11 is 5.99. The third-order valence-corrected chi connectivity index (χ3v) is 4.15. The van der Waals surface area contributed by atoms with E-state index in [1.54, 1.807) is 37.4 Å². The molecule has 3 N–H and O–H groups in total. The Hall–Kier alpha value is -3.12. The maximum Gasteiger partial charge on any atom is 0.273 e. The molecule has 0 saturated carbocycles. The van der Waals surface area contributed by atoms with E-state index in [0.29, 0.717) is 22.0 Å². The minimum Gasteiger partial charge on any atom is -0.355 e. The molecule has 7 heteroatoms. The molecule has 0 bridgehead atoms. The van der Waals surface area contributed by atoms with Gasteiger partial charge in [-0.25, -0.2) is 0 Å². The molecular formula is C19H17ClN4O2. The second-order valence-corrected chi connectivity index (χ2v) is 6.14. The summed E-state index contributed by atoms with van der Waals surface area (Å²) in [6, 6.07) is 14.1. The lowest BCUT2D eigenvalue weighted by molar-refractivity contribution is 0.0963. The van der Waals surface area contributed by atoms with E-state index >= 15 is 0 Å². The summed E-state index contributed by atoms with van der Waals surface area (Å²) in [4.78, 5) is 24.7. The molecule has 0 radical (unpaired) electrons. The lowest BCUT2D eigenvalue weighted by Gasteiger charge is -2.11. The van der Waals surface area contributed by atoms with Crippen molar-refractivity contribution in [2.24, 2.45) is 0 Å². The molecule has 26 heavy (non-hydrogen) atoms. The van der Waals surface area contributed by atoms with Crippen LogP contribution in [0.3, 0.4) is 0 Å². The van der Waals surface area contributed by atoms with Gasteiger partial charge >= 0.3 is 0 Å². The van der Waals surface area contributed by atoms with Crippen molar-refractivity contribution >= 4 is 29.1 Å². The summed E-state index contributed by atoms with van der Waals surface area (Å²) in [5.41, 5.74) is 3.32. The van der Waals surface area contributed by atoms with Gasteiger partial charge in [-0.15, -0.1) is 0 Å². The van der Waals surface area contributed by atoms with Crippen LogP contribution >= 0.6 is 11.6 Å². The average molecular weight is 369 g/mol. The normalized spacial score (nSPS) is 10.4. The highest BCUT2D eigenvalue weighted by molar-refractivity contribution is 6.30. The van der Waals surface area contributed by atoms with Crippen LogP contribution in [0, 0.1) is 6.92 Å². The number of aromatic nitrogens is 2. The topological polar surface area (TPSA) is 86.9 Å². The molecule has 0 saturated heterocycles. The largest absolute Gasteiger partial charge is 0.355 e. The van der Waals surface area contributed by atoms with E-state index in [0.717, 1.165) is 11.1 Å².